The van der Waals surface area contributed by atoms with Crippen molar-refractivity contribution in [1.82, 2.24) is 35.3 Å². The summed E-state index contributed by atoms with van der Waals surface area (Å²) in [5, 5.41) is 15.1. The summed E-state index contributed by atoms with van der Waals surface area (Å²) in [5.74, 6) is 1.75. The molecule has 0 aromatic carbocycles. The lowest BCUT2D eigenvalue weighted by Crippen LogP contribution is -2.46. The molecule has 1 unspecified atom stereocenters. The number of anilines is 1. The highest BCUT2D eigenvalue weighted by atomic mass is 16.2. The van der Waals surface area contributed by atoms with E-state index in [4.69, 9.17) is 0 Å². The Kier molecular flexibility index (Phi) is 6.27. The van der Waals surface area contributed by atoms with Crippen molar-refractivity contribution >= 4 is 28.7 Å². The fourth-order valence-electron chi connectivity index (χ4n) is 3.30. The van der Waals surface area contributed by atoms with Crippen molar-refractivity contribution in [2.45, 2.75) is 26.3 Å². The summed E-state index contributed by atoms with van der Waals surface area (Å²) < 4.78 is 1.72. The standard InChI is InChI=1S/C18H29N9O/c1-12(2)17(28)27-8-5-13(10-27)25-18(19-3)21-7-6-20-15-14-9-24-26(4)16(14)23-11-22-15/h9,11-13H,5-8,10H2,1-4H3,(H2,19,21,25)(H,20,22,23). The lowest BCUT2D eigenvalue weighted by Gasteiger charge is -2.20. The van der Waals surface area contributed by atoms with Gasteiger partial charge in [0.15, 0.2) is 11.6 Å². The fraction of sp³-hybridized carbons (Fsp3) is 0.611. The number of nitrogens with one attached hydrogen (secondary N) is 3. The number of rotatable bonds is 6. The number of amides is 1. The summed E-state index contributed by atoms with van der Waals surface area (Å²) >= 11 is 0. The zero-order chi connectivity index (χ0) is 20.1. The van der Waals surface area contributed by atoms with Gasteiger partial charge in [0, 0.05) is 52.2 Å². The van der Waals surface area contributed by atoms with Crippen LogP contribution in [0, 0.1) is 5.92 Å². The molecule has 0 spiro atoms. The summed E-state index contributed by atoms with van der Waals surface area (Å²) in [6.45, 7) is 6.73. The van der Waals surface area contributed by atoms with E-state index in [0.717, 1.165) is 42.3 Å². The smallest absolute Gasteiger partial charge is 0.225 e. The number of hydrogen-bond acceptors (Lipinski definition) is 6. The van der Waals surface area contributed by atoms with Gasteiger partial charge in [0.25, 0.3) is 0 Å². The highest BCUT2D eigenvalue weighted by Crippen LogP contribution is 2.17. The first kappa shape index (κ1) is 19.8. The summed E-state index contributed by atoms with van der Waals surface area (Å²) in [5.41, 5.74) is 0.796. The minimum absolute atomic E-state index is 0.0374. The molecule has 10 heteroatoms. The quantitative estimate of drug-likeness (QED) is 0.369. The van der Waals surface area contributed by atoms with Crippen LogP contribution in [-0.2, 0) is 11.8 Å². The van der Waals surface area contributed by atoms with E-state index in [1.165, 1.54) is 6.33 Å². The number of carbonyl (C=O) groups excluding carboxylic acids is 1. The molecule has 3 heterocycles. The third kappa shape index (κ3) is 4.49. The van der Waals surface area contributed by atoms with Gasteiger partial charge in [-0.1, -0.05) is 13.8 Å². The van der Waals surface area contributed by atoms with Crippen LogP contribution in [0.15, 0.2) is 17.5 Å². The number of aryl methyl sites for hydroxylation is 1. The topological polar surface area (TPSA) is 112 Å². The third-order valence-electron chi connectivity index (χ3n) is 4.80. The highest BCUT2D eigenvalue weighted by Gasteiger charge is 2.27. The van der Waals surface area contributed by atoms with Crippen LogP contribution in [0.4, 0.5) is 5.82 Å². The molecule has 3 rings (SSSR count). The Bertz CT molecular complexity index is 845. The Balaban J connectivity index is 1.44. The predicted molar refractivity (Wildman–Crippen MR) is 109 cm³/mol. The van der Waals surface area contributed by atoms with Crippen LogP contribution in [0.25, 0.3) is 11.0 Å². The number of likely N-dealkylation sites (tertiary alicyclic amines) is 1. The molecule has 0 radical (unpaired) electrons. The van der Waals surface area contributed by atoms with E-state index in [9.17, 15) is 4.79 Å². The van der Waals surface area contributed by atoms with Crippen LogP contribution in [0.3, 0.4) is 0 Å². The number of guanidine groups is 1. The second kappa shape index (κ2) is 8.85. The largest absolute Gasteiger partial charge is 0.368 e. The molecule has 28 heavy (non-hydrogen) atoms. The maximum atomic E-state index is 12.1. The minimum atomic E-state index is 0.0374. The normalized spacial score (nSPS) is 17.4. The molecule has 3 N–H and O–H groups in total. The van der Waals surface area contributed by atoms with Crippen molar-refractivity contribution in [3.63, 3.8) is 0 Å². The molecule has 2 aromatic rings. The second-order valence-electron chi connectivity index (χ2n) is 7.22. The summed E-state index contributed by atoms with van der Waals surface area (Å²) in [6.07, 6.45) is 4.22. The number of aromatic nitrogens is 4. The van der Waals surface area contributed by atoms with Crippen molar-refractivity contribution in [2.24, 2.45) is 18.0 Å². The molecule has 1 fully saturated rings. The van der Waals surface area contributed by atoms with Crippen LogP contribution in [0.1, 0.15) is 20.3 Å². The van der Waals surface area contributed by atoms with Gasteiger partial charge < -0.3 is 20.9 Å². The Morgan fingerprint density at radius 1 is 1.36 bits per heavy atom. The van der Waals surface area contributed by atoms with Crippen LogP contribution in [-0.4, -0.2) is 75.8 Å². The zero-order valence-corrected chi connectivity index (χ0v) is 16.9. The van der Waals surface area contributed by atoms with Gasteiger partial charge >= 0.3 is 0 Å². The predicted octanol–water partition coefficient (Wildman–Crippen LogP) is 0.197. The first-order valence-electron chi connectivity index (χ1n) is 9.62. The molecule has 10 nitrogen and oxygen atoms in total. The Hall–Kier alpha value is -2.91. The van der Waals surface area contributed by atoms with E-state index in [1.807, 2.05) is 25.8 Å². The number of fused-ring (bicyclic) bond motifs is 1. The molecule has 2 aromatic heterocycles. The molecule has 1 amide bonds. The van der Waals surface area contributed by atoms with Gasteiger partial charge in [-0.2, -0.15) is 5.10 Å². The molecule has 1 saturated heterocycles. The lowest BCUT2D eigenvalue weighted by molar-refractivity contribution is -0.133. The maximum Gasteiger partial charge on any atom is 0.225 e. The number of nitrogens with zero attached hydrogens (tertiary/aromatic N) is 6. The van der Waals surface area contributed by atoms with Gasteiger partial charge in [0.1, 0.15) is 12.1 Å². The zero-order valence-electron chi connectivity index (χ0n) is 16.9. The Morgan fingerprint density at radius 3 is 2.93 bits per heavy atom. The molecule has 0 saturated carbocycles. The Labute approximate surface area is 164 Å². The van der Waals surface area contributed by atoms with E-state index >= 15 is 0 Å². The molecule has 0 bridgehead atoms. The van der Waals surface area contributed by atoms with E-state index < -0.39 is 0 Å². The summed E-state index contributed by atoms with van der Waals surface area (Å²) in [4.78, 5) is 26.8. The highest BCUT2D eigenvalue weighted by molar-refractivity contribution is 5.86. The maximum absolute atomic E-state index is 12.1. The van der Waals surface area contributed by atoms with Crippen LogP contribution < -0.4 is 16.0 Å². The van der Waals surface area contributed by atoms with E-state index in [2.05, 4.69) is 36.0 Å². The summed E-state index contributed by atoms with van der Waals surface area (Å²) in [6, 6.07) is 0.221. The average molecular weight is 387 g/mol. The van der Waals surface area contributed by atoms with Crippen molar-refractivity contribution in [3.05, 3.63) is 12.5 Å². The summed E-state index contributed by atoms with van der Waals surface area (Å²) in [7, 11) is 3.60. The first-order valence-corrected chi connectivity index (χ1v) is 9.62. The number of hydrogen-bond donors (Lipinski definition) is 3. The van der Waals surface area contributed by atoms with Crippen molar-refractivity contribution in [1.29, 1.82) is 0 Å². The van der Waals surface area contributed by atoms with Gasteiger partial charge in [-0.25, -0.2) is 9.97 Å². The van der Waals surface area contributed by atoms with Crippen molar-refractivity contribution in [2.75, 3.05) is 38.5 Å². The van der Waals surface area contributed by atoms with Crippen molar-refractivity contribution < 1.29 is 4.79 Å². The Morgan fingerprint density at radius 2 is 2.18 bits per heavy atom. The van der Waals surface area contributed by atoms with Gasteiger partial charge in [-0.05, 0) is 6.42 Å². The number of aliphatic imine (C=N–C) groups is 1. The lowest BCUT2D eigenvalue weighted by atomic mass is 10.2. The van der Waals surface area contributed by atoms with Gasteiger partial charge in [-0.3, -0.25) is 14.5 Å². The monoisotopic (exact) mass is 387 g/mol. The molecule has 1 atom stereocenters. The molecule has 1 aliphatic heterocycles. The molecular formula is C18H29N9O. The van der Waals surface area contributed by atoms with Gasteiger partial charge in [0.05, 0.1) is 11.6 Å². The fourth-order valence-corrected chi connectivity index (χ4v) is 3.30. The van der Waals surface area contributed by atoms with Gasteiger partial charge in [0.2, 0.25) is 5.91 Å². The average Bonchev–Trinajstić information content (AvgIpc) is 3.31. The molecule has 0 aliphatic carbocycles. The van der Waals surface area contributed by atoms with Crippen molar-refractivity contribution in [3.8, 4) is 0 Å². The van der Waals surface area contributed by atoms with Crippen LogP contribution in [0.5, 0.6) is 0 Å². The second-order valence-corrected chi connectivity index (χ2v) is 7.22. The minimum Gasteiger partial charge on any atom is -0.368 e. The molecule has 152 valence electrons. The van der Waals surface area contributed by atoms with Gasteiger partial charge in [-0.15, -0.1) is 0 Å². The third-order valence-corrected chi connectivity index (χ3v) is 4.80. The number of carbonyl (C=O) groups is 1. The molecular weight excluding hydrogens is 358 g/mol. The van der Waals surface area contributed by atoms with Crippen LogP contribution >= 0.6 is 0 Å². The first-order chi connectivity index (χ1) is 13.5. The molecule has 1 aliphatic rings. The SMILES string of the molecule is CN=C(NCCNc1ncnc2c1cnn2C)NC1CCN(C(=O)C(C)C)C1. The van der Waals surface area contributed by atoms with E-state index in [1.54, 1.807) is 17.9 Å². The van der Waals surface area contributed by atoms with E-state index in [0.29, 0.717) is 13.1 Å². The van der Waals surface area contributed by atoms with E-state index in [-0.39, 0.29) is 17.9 Å². The van der Waals surface area contributed by atoms with Crippen LogP contribution in [0.2, 0.25) is 0 Å².